The van der Waals surface area contributed by atoms with E-state index < -0.39 is 35.1 Å². The van der Waals surface area contributed by atoms with Gasteiger partial charge in [-0.2, -0.15) is 13.2 Å². The first-order valence-electron chi connectivity index (χ1n) is 7.97. The molecule has 2 N–H and O–H groups in total. The predicted molar refractivity (Wildman–Crippen MR) is 92.1 cm³/mol. The van der Waals surface area contributed by atoms with E-state index in [-0.39, 0.29) is 12.2 Å². The third-order valence-electron chi connectivity index (χ3n) is 3.59. The van der Waals surface area contributed by atoms with E-state index in [1.165, 1.54) is 30.6 Å². The molecule has 0 aliphatic carbocycles. The molecule has 2 aromatic heterocycles. The number of amides is 1. The fraction of sp³-hybridized carbons (Fsp3) is 0.111. The van der Waals surface area contributed by atoms with Gasteiger partial charge in [0.15, 0.2) is 5.69 Å². The summed E-state index contributed by atoms with van der Waals surface area (Å²) in [5.41, 5.74) is -1.27. The number of nitrogens with one attached hydrogen (secondary N) is 2. The zero-order valence-electron chi connectivity index (χ0n) is 14.2. The van der Waals surface area contributed by atoms with Crippen LogP contribution in [0, 0.1) is 5.82 Å². The molecule has 2 heterocycles. The lowest BCUT2D eigenvalue weighted by Crippen LogP contribution is -2.27. The van der Waals surface area contributed by atoms with E-state index in [9.17, 15) is 22.4 Å². The maximum absolute atomic E-state index is 13.4. The number of benzene rings is 1. The minimum absolute atomic E-state index is 0.0158. The summed E-state index contributed by atoms with van der Waals surface area (Å²) in [6.07, 6.45) is -1.11. The van der Waals surface area contributed by atoms with Crippen molar-refractivity contribution in [1.82, 2.24) is 20.3 Å². The minimum Gasteiger partial charge on any atom is -0.348 e. The summed E-state index contributed by atoms with van der Waals surface area (Å²) in [5.74, 6) is -1.96. The van der Waals surface area contributed by atoms with Crippen LogP contribution in [-0.4, -0.2) is 20.9 Å². The summed E-state index contributed by atoms with van der Waals surface area (Å²) >= 11 is 0. The van der Waals surface area contributed by atoms with Gasteiger partial charge in [0.25, 0.3) is 5.91 Å². The molecule has 1 aromatic carbocycles. The fourth-order valence-corrected chi connectivity index (χ4v) is 2.30. The van der Waals surface area contributed by atoms with E-state index in [0.717, 1.165) is 12.3 Å². The lowest BCUT2D eigenvalue weighted by Gasteiger charge is -2.13. The Hall–Kier alpha value is -3.56. The Kier molecular flexibility index (Phi) is 5.48. The number of hydrogen-bond donors (Lipinski definition) is 2. The summed E-state index contributed by atoms with van der Waals surface area (Å²) in [4.78, 5) is 23.2. The zero-order valence-corrected chi connectivity index (χ0v) is 14.2. The molecule has 0 spiro atoms. The summed E-state index contributed by atoms with van der Waals surface area (Å²) in [6, 6.07) is 8.31. The van der Waals surface area contributed by atoms with Gasteiger partial charge < -0.3 is 10.6 Å². The lowest BCUT2D eigenvalue weighted by atomic mass is 10.2. The van der Waals surface area contributed by atoms with Crippen LogP contribution in [-0.2, 0) is 12.7 Å². The summed E-state index contributed by atoms with van der Waals surface area (Å²) in [7, 11) is 0. The largest absolute Gasteiger partial charge is 0.434 e. The molecule has 1 amide bonds. The molecular formula is C18H13F4N5O. The van der Waals surface area contributed by atoms with Gasteiger partial charge in [0, 0.05) is 30.8 Å². The Morgan fingerprint density at radius 1 is 1.11 bits per heavy atom. The maximum atomic E-state index is 13.4. The first kappa shape index (κ1) is 19.2. The molecule has 10 heteroatoms. The van der Waals surface area contributed by atoms with E-state index in [4.69, 9.17) is 0 Å². The minimum atomic E-state index is -4.88. The summed E-state index contributed by atoms with van der Waals surface area (Å²) in [6.45, 7) is 0.0158. The Bertz CT molecular complexity index is 979. The number of rotatable bonds is 5. The van der Waals surface area contributed by atoms with Crippen LogP contribution in [0.2, 0.25) is 0 Å². The number of alkyl halides is 3. The molecule has 28 heavy (non-hydrogen) atoms. The summed E-state index contributed by atoms with van der Waals surface area (Å²) in [5, 5.41) is 4.87. The molecule has 0 bridgehead atoms. The molecular weight excluding hydrogens is 378 g/mol. The Morgan fingerprint density at radius 3 is 2.54 bits per heavy atom. The Labute approximate surface area is 156 Å². The molecule has 0 fully saturated rings. The van der Waals surface area contributed by atoms with E-state index in [1.54, 1.807) is 12.1 Å². The molecule has 3 aromatic rings. The first-order chi connectivity index (χ1) is 13.3. The SMILES string of the molecule is O=C(NCc1ccncc1)c1cnc(Nc2cccc(F)c2)nc1C(F)(F)F. The van der Waals surface area contributed by atoms with Gasteiger partial charge in [0.05, 0.1) is 5.56 Å². The number of hydrogen-bond acceptors (Lipinski definition) is 5. The van der Waals surface area contributed by atoms with Gasteiger partial charge in [-0.1, -0.05) is 6.07 Å². The average Bonchev–Trinajstić information content (AvgIpc) is 2.66. The number of halogens is 4. The van der Waals surface area contributed by atoms with E-state index in [0.29, 0.717) is 5.56 Å². The van der Waals surface area contributed by atoms with Crippen LogP contribution in [0.1, 0.15) is 21.6 Å². The van der Waals surface area contributed by atoms with Crippen molar-refractivity contribution in [2.75, 3.05) is 5.32 Å². The van der Waals surface area contributed by atoms with Crippen molar-refractivity contribution in [3.8, 4) is 0 Å². The van der Waals surface area contributed by atoms with Gasteiger partial charge >= 0.3 is 6.18 Å². The van der Waals surface area contributed by atoms with Crippen LogP contribution >= 0.6 is 0 Å². The molecule has 3 rings (SSSR count). The molecule has 0 unspecified atom stereocenters. The van der Waals surface area contributed by atoms with E-state index in [2.05, 4.69) is 25.6 Å². The Balaban J connectivity index is 1.83. The normalized spacial score (nSPS) is 11.1. The van der Waals surface area contributed by atoms with Crippen molar-refractivity contribution >= 4 is 17.5 Å². The third kappa shape index (κ3) is 4.78. The number of carbonyl (C=O) groups excluding carboxylic acids is 1. The second-order valence-corrected chi connectivity index (χ2v) is 5.63. The lowest BCUT2D eigenvalue weighted by molar-refractivity contribution is -0.141. The highest BCUT2D eigenvalue weighted by Gasteiger charge is 2.38. The third-order valence-corrected chi connectivity index (χ3v) is 3.59. The number of nitrogens with zero attached hydrogens (tertiary/aromatic N) is 3. The maximum Gasteiger partial charge on any atom is 0.434 e. The van der Waals surface area contributed by atoms with Crippen molar-refractivity contribution in [3.05, 3.63) is 77.6 Å². The van der Waals surface area contributed by atoms with E-state index in [1.807, 2.05) is 0 Å². The highest BCUT2D eigenvalue weighted by atomic mass is 19.4. The molecule has 144 valence electrons. The van der Waals surface area contributed by atoms with Crippen molar-refractivity contribution in [2.45, 2.75) is 12.7 Å². The average molecular weight is 391 g/mol. The van der Waals surface area contributed by atoms with Crippen LogP contribution in [0.3, 0.4) is 0 Å². The summed E-state index contributed by atoms with van der Waals surface area (Å²) < 4.78 is 53.4. The van der Waals surface area contributed by atoms with Gasteiger partial charge in [-0.15, -0.1) is 0 Å². The van der Waals surface area contributed by atoms with Crippen LogP contribution < -0.4 is 10.6 Å². The topological polar surface area (TPSA) is 79.8 Å². The number of pyridine rings is 1. The van der Waals surface area contributed by atoms with Crippen LogP contribution in [0.4, 0.5) is 29.2 Å². The number of anilines is 2. The van der Waals surface area contributed by atoms with Crippen molar-refractivity contribution in [3.63, 3.8) is 0 Å². The number of carbonyl (C=O) groups is 1. The second kappa shape index (κ2) is 7.99. The highest BCUT2D eigenvalue weighted by molar-refractivity contribution is 5.95. The second-order valence-electron chi connectivity index (χ2n) is 5.63. The van der Waals surface area contributed by atoms with Gasteiger partial charge in [-0.05, 0) is 35.9 Å². The predicted octanol–water partition coefficient (Wildman–Crippen LogP) is 3.70. The van der Waals surface area contributed by atoms with Crippen molar-refractivity contribution in [2.24, 2.45) is 0 Å². The van der Waals surface area contributed by atoms with Gasteiger partial charge in [-0.25, -0.2) is 14.4 Å². The van der Waals surface area contributed by atoms with Gasteiger partial charge in [0.1, 0.15) is 5.82 Å². The molecule has 0 atom stereocenters. The number of aromatic nitrogens is 3. The highest BCUT2D eigenvalue weighted by Crippen LogP contribution is 2.31. The van der Waals surface area contributed by atoms with Crippen molar-refractivity contribution < 1.29 is 22.4 Å². The standard InChI is InChI=1S/C18H13F4N5O/c19-12-2-1-3-13(8-12)26-17-25-10-14(15(27-17)18(20,21)22)16(28)24-9-11-4-6-23-7-5-11/h1-8,10H,9H2,(H,24,28)(H,25,26,27). The fourth-order valence-electron chi connectivity index (χ4n) is 2.30. The van der Waals surface area contributed by atoms with Gasteiger partial charge in [0.2, 0.25) is 5.95 Å². The van der Waals surface area contributed by atoms with Crippen LogP contribution in [0.25, 0.3) is 0 Å². The molecule has 0 saturated heterocycles. The molecule has 0 radical (unpaired) electrons. The smallest absolute Gasteiger partial charge is 0.348 e. The first-order valence-corrected chi connectivity index (χ1v) is 7.97. The Morgan fingerprint density at radius 2 is 1.86 bits per heavy atom. The van der Waals surface area contributed by atoms with Crippen LogP contribution in [0.5, 0.6) is 0 Å². The quantitative estimate of drug-likeness (QED) is 0.649. The van der Waals surface area contributed by atoms with Crippen molar-refractivity contribution in [1.29, 1.82) is 0 Å². The molecule has 0 aliphatic heterocycles. The monoisotopic (exact) mass is 391 g/mol. The molecule has 6 nitrogen and oxygen atoms in total. The van der Waals surface area contributed by atoms with Crippen LogP contribution in [0.15, 0.2) is 55.0 Å². The molecule has 0 saturated carbocycles. The van der Waals surface area contributed by atoms with Gasteiger partial charge in [-0.3, -0.25) is 9.78 Å². The molecule has 0 aliphatic rings. The van der Waals surface area contributed by atoms with E-state index >= 15 is 0 Å². The zero-order chi connectivity index (χ0) is 20.1.